The Bertz CT molecular complexity index is 939. The Balaban J connectivity index is 1.33. The SMILES string of the molecule is Cc1ccc(NC(=O)N2CCN(Cc3nc4ccccc4n3C)CC2)cc1. The number of urea groups is 1. The Morgan fingerprint density at radius 2 is 1.74 bits per heavy atom. The summed E-state index contributed by atoms with van der Waals surface area (Å²) < 4.78 is 2.16. The van der Waals surface area contributed by atoms with Gasteiger partial charge in [0.05, 0.1) is 17.6 Å². The van der Waals surface area contributed by atoms with Crippen LogP contribution in [0.4, 0.5) is 10.5 Å². The molecule has 0 atom stereocenters. The molecular weight excluding hydrogens is 338 g/mol. The molecule has 0 unspecified atom stereocenters. The number of nitrogens with one attached hydrogen (secondary N) is 1. The number of benzene rings is 2. The van der Waals surface area contributed by atoms with E-state index >= 15 is 0 Å². The second kappa shape index (κ2) is 7.40. The van der Waals surface area contributed by atoms with Crippen molar-refractivity contribution in [3.63, 3.8) is 0 Å². The minimum Gasteiger partial charge on any atom is -0.330 e. The molecule has 0 spiro atoms. The van der Waals surface area contributed by atoms with Crippen molar-refractivity contribution < 1.29 is 4.79 Å². The first-order valence-electron chi connectivity index (χ1n) is 9.35. The van der Waals surface area contributed by atoms with Crippen LogP contribution in [0.5, 0.6) is 0 Å². The van der Waals surface area contributed by atoms with Gasteiger partial charge in [0, 0.05) is 38.9 Å². The van der Waals surface area contributed by atoms with Crippen LogP contribution < -0.4 is 5.32 Å². The molecule has 6 heteroatoms. The topological polar surface area (TPSA) is 53.4 Å². The molecule has 2 aromatic carbocycles. The quantitative estimate of drug-likeness (QED) is 0.777. The van der Waals surface area contributed by atoms with Gasteiger partial charge in [0.2, 0.25) is 0 Å². The Kier molecular flexibility index (Phi) is 4.81. The van der Waals surface area contributed by atoms with Crippen molar-refractivity contribution in [2.45, 2.75) is 13.5 Å². The summed E-state index contributed by atoms with van der Waals surface area (Å²) in [5.74, 6) is 1.06. The average Bonchev–Trinajstić information content (AvgIpc) is 3.00. The lowest BCUT2D eigenvalue weighted by Gasteiger charge is -2.34. The lowest BCUT2D eigenvalue weighted by molar-refractivity contribution is 0.140. The lowest BCUT2D eigenvalue weighted by Crippen LogP contribution is -2.49. The number of anilines is 1. The molecule has 0 radical (unpaired) electrons. The van der Waals surface area contributed by atoms with Crippen molar-refractivity contribution in [2.24, 2.45) is 7.05 Å². The van der Waals surface area contributed by atoms with E-state index in [0.717, 1.165) is 55.3 Å². The highest BCUT2D eigenvalue weighted by molar-refractivity contribution is 5.89. The van der Waals surface area contributed by atoms with Gasteiger partial charge in [0.15, 0.2) is 0 Å². The van der Waals surface area contributed by atoms with Gasteiger partial charge < -0.3 is 14.8 Å². The number of nitrogens with zero attached hydrogens (tertiary/aromatic N) is 4. The predicted molar refractivity (Wildman–Crippen MR) is 108 cm³/mol. The number of hydrogen-bond donors (Lipinski definition) is 1. The number of amides is 2. The number of aryl methyl sites for hydroxylation is 2. The molecule has 3 aromatic rings. The van der Waals surface area contributed by atoms with Crippen LogP contribution in [0, 0.1) is 6.92 Å². The molecule has 0 aliphatic carbocycles. The molecule has 1 aromatic heterocycles. The van der Waals surface area contributed by atoms with Crippen molar-refractivity contribution in [3.8, 4) is 0 Å². The van der Waals surface area contributed by atoms with Gasteiger partial charge in [-0.25, -0.2) is 9.78 Å². The fourth-order valence-electron chi connectivity index (χ4n) is 3.49. The number of carbonyl (C=O) groups is 1. The average molecular weight is 363 g/mol. The number of imidazole rings is 1. The van der Waals surface area contributed by atoms with Gasteiger partial charge in [-0.05, 0) is 31.2 Å². The van der Waals surface area contributed by atoms with E-state index in [1.807, 2.05) is 54.3 Å². The van der Waals surface area contributed by atoms with Crippen molar-refractivity contribution >= 4 is 22.8 Å². The fraction of sp³-hybridized carbons (Fsp3) is 0.333. The molecule has 1 fully saturated rings. The third-order valence-corrected chi connectivity index (χ3v) is 5.21. The molecule has 2 heterocycles. The number of fused-ring (bicyclic) bond motifs is 1. The molecule has 140 valence electrons. The van der Waals surface area contributed by atoms with E-state index in [1.54, 1.807) is 0 Å². The van der Waals surface area contributed by atoms with Crippen LogP contribution in [0.2, 0.25) is 0 Å². The third kappa shape index (κ3) is 3.80. The minimum atomic E-state index is -0.0266. The highest BCUT2D eigenvalue weighted by Crippen LogP contribution is 2.17. The Morgan fingerprint density at radius 3 is 2.44 bits per heavy atom. The number of rotatable bonds is 3. The van der Waals surface area contributed by atoms with Gasteiger partial charge in [0.25, 0.3) is 0 Å². The van der Waals surface area contributed by atoms with Crippen LogP contribution in [-0.4, -0.2) is 51.6 Å². The summed E-state index contributed by atoms with van der Waals surface area (Å²) >= 11 is 0. The number of hydrogen-bond acceptors (Lipinski definition) is 3. The van der Waals surface area contributed by atoms with E-state index in [4.69, 9.17) is 4.98 Å². The molecule has 1 saturated heterocycles. The Hall–Kier alpha value is -2.86. The normalized spacial score (nSPS) is 15.3. The second-order valence-electron chi connectivity index (χ2n) is 7.14. The molecule has 6 nitrogen and oxygen atoms in total. The summed E-state index contributed by atoms with van der Waals surface area (Å²) in [6.07, 6.45) is 0. The van der Waals surface area contributed by atoms with Crippen LogP contribution in [0.3, 0.4) is 0 Å². The summed E-state index contributed by atoms with van der Waals surface area (Å²) in [6, 6.07) is 16.1. The molecule has 0 bridgehead atoms. The largest absolute Gasteiger partial charge is 0.330 e. The molecule has 0 saturated carbocycles. The van der Waals surface area contributed by atoms with Gasteiger partial charge in [-0.15, -0.1) is 0 Å². The molecule has 4 rings (SSSR count). The van der Waals surface area contributed by atoms with E-state index in [2.05, 4.69) is 27.9 Å². The highest BCUT2D eigenvalue weighted by Gasteiger charge is 2.22. The predicted octanol–water partition coefficient (Wildman–Crippen LogP) is 3.23. The first-order chi connectivity index (χ1) is 13.1. The standard InChI is InChI=1S/C21H25N5O/c1-16-7-9-17(10-8-16)22-21(27)26-13-11-25(12-14-26)15-20-23-18-5-3-4-6-19(18)24(20)2/h3-10H,11-15H2,1-2H3,(H,22,27). The van der Waals surface area contributed by atoms with Crippen molar-refractivity contribution in [2.75, 3.05) is 31.5 Å². The third-order valence-electron chi connectivity index (χ3n) is 5.21. The zero-order chi connectivity index (χ0) is 18.8. The monoisotopic (exact) mass is 363 g/mol. The minimum absolute atomic E-state index is 0.0266. The van der Waals surface area contributed by atoms with Gasteiger partial charge in [-0.2, -0.15) is 0 Å². The summed E-state index contributed by atoms with van der Waals surface area (Å²) in [5.41, 5.74) is 4.21. The van der Waals surface area contributed by atoms with Crippen LogP contribution in [0.15, 0.2) is 48.5 Å². The summed E-state index contributed by atoms with van der Waals surface area (Å²) in [6.45, 7) is 5.99. The fourth-order valence-corrected chi connectivity index (χ4v) is 3.49. The van der Waals surface area contributed by atoms with Crippen LogP contribution >= 0.6 is 0 Å². The van der Waals surface area contributed by atoms with Crippen molar-refractivity contribution in [1.29, 1.82) is 0 Å². The first kappa shape index (κ1) is 17.5. The molecular formula is C21H25N5O. The maximum atomic E-state index is 12.5. The smallest absolute Gasteiger partial charge is 0.321 e. The number of para-hydroxylation sites is 2. The second-order valence-corrected chi connectivity index (χ2v) is 7.14. The van der Waals surface area contributed by atoms with Gasteiger partial charge in [-0.1, -0.05) is 29.8 Å². The maximum absolute atomic E-state index is 12.5. The summed E-state index contributed by atoms with van der Waals surface area (Å²) in [5, 5.41) is 2.98. The number of carbonyl (C=O) groups excluding carboxylic acids is 1. The van der Waals surface area contributed by atoms with Crippen molar-refractivity contribution in [3.05, 3.63) is 59.9 Å². The summed E-state index contributed by atoms with van der Waals surface area (Å²) in [7, 11) is 2.07. The highest BCUT2D eigenvalue weighted by atomic mass is 16.2. The zero-order valence-electron chi connectivity index (χ0n) is 15.9. The zero-order valence-corrected chi connectivity index (χ0v) is 15.9. The van der Waals surface area contributed by atoms with Gasteiger partial charge in [-0.3, -0.25) is 4.90 Å². The molecule has 1 N–H and O–H groups in total. The first-order valence-corrected chi connectivity index (χ1v) is 9.35. The van der Waals surface area contributed by atoms with E-state index in [-0.39, 0.29) is 6.03 Å². The molecule has 2 amide bonds. The van der Waals surface area contributed by atoms with Gasteiger partial charge in [0.1, 0.15) is 5.82 Å². The molecule has 27 heavy (non-hydrogen) atoms. The molecule has 1 aliphatic rings. The maximum Gasteiger partial charge on any atom is 0.321 e. The number of piperazine rings is 1. The van der Waals surface area contributed by atoms with E-state index in [0.29, 0.717) is 0 Å². The van der Waals surface area contributed by atoms with Crippen molar-refractivity contribution in [1.82, 2.24) is 19.4 Å². The Morgan fingerprint density at radius 1 is 1.04 bits per heavy atom. The van der Waals surface area contributed by atoms with E-state index in [9.17, 15) is 4.79 Å². The van der Waals surface area contributed by atoms with Crippen LogP contribution in [0.1, 0.15) is 11.4 Å². The van der Waals surface area contributed by atoms with Crippen LogP contribution in [0.25, 0.3) is 11.0 Å². The number of aromatic nitrogens is 2. The lowest BCUT2D eigenvalue weighted by atomic mass is 10.2. The Labute approximate surface area is 159 Å². The van der Waals surface area contributed by atoms with E-state index in [1.165, 1.54) is 5.56 Å². The summed E-state index contributed by atoms with van der Waals surface area (Å²) in [4.78, 5) is 21.5. The van der Waals surface area contributed by atoms with E-state index < -0.39 is 0 Å². The molecule has 1 aliphatic heterocycles. The van der Waals surface area contributed by atoms with Crippen LogP contribution in [-0.2, 0) is 13.6 Å². The van der Waals surface area contributed by atoms with Gasteiger partial charge >= 0.3 is 6.03 Å².